The molecule has 0 aliphatic rings. The van der Waals surface area contributed by atoms with Crippen LogP contribution in [0.25, 0.3) is 0 Å². The Balaban J connectivity index is 3.16. The smallest absolute Gasteiger partial charge is 0.297 e. The molecule has 0 fully saturated rings. The number of hydrogen-bond donors (Lipinski definition) is 2. The molecule has 2 N–H and O–H groups in total. The Bertz CT molecular complexity index is 606. The Hall–Kier alpha value is -0.950. The second-order valence-electron chi connectivity index (χ2n) is 2.91. The highest BCUT2D eigenvalue weighted by atomic mass is 32.2. The van der Waals surface area contributed by atoms with Crippen molar-refractivity contribution < 1.29 is 29.7 Å². The van der Waals surface area contributed by atoms with E-state index in [0.717, 1.165) is 17.7 Å². The molecular weight excluding hydrogens is 232 g/mol. The number of aryl methyl sites for hydroxylation is 1. The van der Waals surface area contributed by atoms with Gasteiger partial charge in [-0.05, 0) is 19.1 Å². The number of benzene rings is 1. The summed E-state index contributed by atoms with van der Waals surface area (Å²) in [7, 11) is -4.71. The van der Waals surface area contributed by atoms with E-state index in [1.807, 2.05) is 0 Å². The normalized spacial score (nSPS) is 22.1. The molecule has 0 radical (unpaired) electrons. The summed E-state index contributed by atoms with van der Waals surface area (Å²) >= 11 is 0. The zero-order valence-corrected chi connectivity index (χ0v) is 9.15. The van der Waals surface area contributed by atoms with Crippen LogP contribution in [0.1, 0.15) is 12.4 Å². The maximum absolute atomic E-state index is 11.9. The molecule has 0 saturated carbocycles. The Morgan fingerprint density at radius 3 is 2.56 bits per heavy atom. The molecule has 0 spiro atoms. The number of rotatable bonds is 5. The molecule has 1 rings (SSSR count). The fourth-order valence-electron chi connectivity index (χ4n) is 0.870. The highest BCUT2D eigenvalue weighted by molar-refractivity contribution is 7.86. The van der Waals surface area contributed by atoms with E-state index >= 15 is 0 Å². The molecule has 1 unspecified atom stereocenters. The molecule has 0 saturated heterocycles. The lowest BCUT2D eigenvalue weighted by Crippen LogP contribution is -2.22. The van der Waals surface area contributed by atoms with Crippen molar-refractivity contribution in [2.45, 2.75) is 17.9 Å². The van der Waals surface area contributed by atoms with Gasteiger partial charge in [-0.15, -0.1) is 0 Å². The molecule has 0 bridgehead atoms. The molecule has 1 aromatic rings. The first-order valence-electron chi connectivity index (χ1n) is 6.68. The van der Waals surface area contributed by atoms with Crippen LogP contribution >= 0.6 is 0 Å². The van der Waals surface area contributed by atoms with Crippen molar-refractivity contribution in [2.24, 2.45) is 0 Å². The molecule has 0 aromatic heterocycles. The maximum atomic E-state index is 11.9. The van der Waals surface area contributed by atoms with Crippen LogP contribution in [0, 0.1) is 6.92 Å². The van der Waals surface area contributed by atoms with Crippen LogP contribution in [0.4, 0.5) is 0 Å². The summed E-state index contributed by atoms with van der Waals surface area (Å²) in [5.41, 5.74) is 0.737. The van der Waals surface area contributed by atoms with E-state index in [1.165, 1.54) is 12.1 Å². The molecule has 6 heteroatoms. The largest absolute Gasteiger partial charge is 0.394 e. The van der Waals surface area contributed by atoms with Crippen LogP contribution in [0.2, 0.25) is 0 Å². The van der Waals surface area contributed by atoms with E-state index in [2.05, 4.69) is 4.18 Å². The van der Waals surface area contributed by atoms with E-state index in [0.29, 0.717) is 0 Å². The van der Waals surface area contributed by atoms with Crippen LogP contribution in [0.3, 0.4) is 0 Å². The van der Waals surface area contributed by atoms with Crippen LogP contribution in [0.5, 0.6) is 0 Å². The Labute approximate surface area is 101 Å². The third kappa shape index (κ3) is 3.57. The van der Waals surface area contributed by atoms with Crippen molar-refractivity contribution in [3.05, 3.63) is 29.8 Å². The first-order chi connectivity index (χ1) is 9.21. The van der Waals surface area contributed by atoms with Crippen molar-refractivity contribution in [1.82, 2.24) is 0 Å². The van der Waals surface area contributed by atoms with Crippen LogP contribution in [-0.4, -0.2) is 37.8 Å². The summed E-state index contributed by atoms with van der Waals surface area (Å²) in [6, 6.07) is 5.09. The Kier molecular flexibility index (Phi) is 2.49. The average Bonchev–Trinajstić information content (AvgIpc) is 2.26. The van der Waals surface area contributed by atoms with Gasteiger partial charge in [-0.25, -0.2) is 0 Å². The Morgan fingerprint density at radius 2 is 2.06 bits per heavy atom. The van der Waals surface area contributed by atoms with E-state index in [9.17, 15) is 13.5 Å². The van der Waals surface area contributed by atoms with Gasteiger partial charge in [-0.2, -0.15) is 8.42 Å². The van der Waals surface area contributed by atoms with Gasteiger partial charge < -0.3 is 10.2 Å². The van der Waals surface area contributed by atoms with Gasteiger partial charge in [-0.3, -0.25) is 4.18 Å². The topological polar surface area (TPSA) is 83.8 Å². The van der Waals surface area contributed by atoms with Crippen molar-refractivity contribution in [2.75, 3.05) is 13.1 Å². The van der Waals surface area contributed by atoms with Gasteiger partial charge in [0.2, 0.25) is 0 Å². The van der Waals surface area contributed by atoms with E-state index < -0.39 is 34.2 Å². The predicted molar refractivity (Wildman–Crippen MR) is 57.4 cm³/mol. The van der Waals surface area contributed by atoms with E-state index in [-0.39, 0.29) is 0 Å². The summed E-state index contributed by atoms with van der Waals surface area (Å²) < 4.78 is 63.1. The lowest BCUT2D eigenvalue weighted by molar-refractivity contribution is 0.0557. The number of hydrogen-bond acceptors (Lipinski definition) is 5. The quantitative estimate of drug-likeness (QED) is 0.723. The lowest BCUT2D eigenvalue weighted by Gasteiger charge is -2.08. The molecule has 16 heavy (non-hydrogen) atoms. The minimum Gasteiger partial charge on any atom is -0.394 e. The first kappa shape index (κ1) is 7.39. The monoisotopic (exact) mass is 251 g/mol. The minimum atomic E-state index is -4.71. The van der Waals surface area contributed by atoms with Gasteiger partial charge in [0.25, 0.3) is 10.1 Å². The van der Waals surface area contributed by atoms with Gasteiger partial charge in [0.05, 0.1) is 24.9 Å². The van der Waals surface area contributed by atoms with Crippen molar-refractivity contribution in [3.63, 3.8) is 0 Å². The molecule has 1 atom stereocenters. The van der Waals surface area contributed by atoms with Crippen LogP contribution < -0.4 is 0 Å². The summed E-state index contributed by atoms with van der Waals surface area (Å²) in [5.74, 6) is 0. The standard InChI is InChI=1S/C10H14O5S/c1-8-2-4-10(5-3-8)16(13,14)15-7-9(12)6-11/h2-5,9,11-12H,6-7H2,1H3/i6D2,7D2,9D. The van der Waals surface area contributed by atoms with Crippen molar-refractivity contribution in [3.8, 4) is 0 Å². The maximum Gasteiger partial charge on any atom is 0.297 e. The molecule has 0 aliphatic heterocycles. The lowest BCUT2D eigenvalue weighted by atomic mass is 10.2. The third-order valence-electron chi connectivity index (χ3n) is 1.66. The zero-order valence-electron chi connectivity index (χ0n) is 13.3. The van der Waals surface area contributed by atoms with Gasteiger partial charge in [0.15, 0.2) is 0 Å². The minimum absolute atomic E-state index is 0.439. The van der Waals surface area contributed by atoms with Gasteiger partial charge in [0, 0.05) is 0 Å². The molecule has 0 amide bonds. The fraction of sp³-hybridized carbons (Fsp3) is 0.400. The van der Waals surface area contributed by atoms with Crippen LogP contribution in [-0.2, 0) is 14.3 Å². The highest BCUT2D eigenvalue weighted by Crippen LogP contribution is 2.13. The summed E-state index contributed by atoms with van der Waals surface area (Å²) in [4.78, 5) is -0.439. The Morgan fingerprint density at radius 1 is 1.50 bits per heavy atom. The highest BCUT2D eigenvalue weighted by Gasteiger charge is 2.16. The predicted octanol–water partition coefficient (Wildman–Crippen LogP) is 0.0535. The third-order valence-corrected chi connectivity index (χ3v) is 2.82. The van der Waals surface area contributed by atoms with Gasteiger partial charge in [-0.1, -0.05) is 17.7 Å². The molecule has 0 aliphatic carbocycles. The van der Waals surface area contributed by atoms with Crippen molar-refractivity contribution in [1.29, 1.82) is 0 Å². The van der Waals surface area contributed by atoms with Crippen molar-refractivity contribution >= 4 is 10.1 Å². The van der Waals surface area contributed by atoms with E-state index in [4.69, 9.17) is 12.0 Å². The summed E-state index contributed by atoms with van der Waals surface area (Å²) in [6.07, 6.45) is -3.86. The first-order valence-corrected chi connectivity index (χ1v) is 5.59. The zero-order chi connectivity index (χ0) is 16.7. The second-order valence-corrected chi connectivity index (χ2v) is 4.46. The second kappa shape index (κ2) is 5.40. The molecule has 90 valence electrons. The summed E-state index contributed by atoms with van der Waals surface area (Å²) in [6.45, 7) is -5.78. The van der Waals surface area contributed by atoms with Crippen LogP contribution in [0.15, 0.2) is 29.2 Å². The molecular formula is C10H14O5S. The molecule has 0 heterocycles. The summed E-state index contributed by atoms with van der Waals surface area (Å²) in [5, 5.41) is 18.4. The average molecular weight is 251 g/mol. The molecule has 5 nitrogen and oxygen atoms in total. The SMILES string of the molecule is [2H]C([2H])(O)C([2H])(O)C([2H])([2H])OS(=O)(=O)c1ccc(C)cc1. The fourth-order valence-corrected chi connectivity index (χ4v) is 1.62. The van der Waals surface area contributed by atoms with Gasteiger partial charge in [0.1, 0.15) is 6.08 Å². The number of aliphatic hydroxyl groups is 2. The molecule has 1 aromatic carbocycles. The van der Waals surface area contributed by atoms with Gasteiger partial charge >= 0.3 is 0 Å². The van der Waals surface area contributed by atoms with E-state index in [1.54, 1.807) is 6.92 Å².